The molecule has 1 unspecified atom stereocenters. The van der Waals surface area contributed by atoms with Crippen LogP contribution in [0.5, 0.6) is 0 Å². The SMILES string of the molecule is CC1(N=N)C=C(Cl)C=CO1. The molecule has 0 radical (unpaired) electrons. The van der Waals surface area contributed by atoms with Crippen molar-refractivity contribution < 1.29 is 4.74 Å². The van der Waals surface area contributed by atoms with Crippen molar-refractivity contribution in [3.8, 4) is 0 Å². The van der Waals surface area contributed by atoms with Crippen molar-refractivity contribution in [3.63, 3.8) is 0 Å². The lowest BCUT2D eigenvalue weighted by molar-refractivity contribution is 0.0814. The normalized spacial score (nSPS) is 30.8. The fourth-order valence-corrected chi connectivity index (χ4v) is 0.887. The molecule has 0 aromatic heterocycles. The molecule has 1 atom stereocenters. The zero-order valence-corrected chi connectivity index (χ0v) is 6.22. The highest BCUT2D eigenvalue weighted by Gasteiger charge is 2.22. The summed E-state index contributed by atoms with van der Waals surface area (Å²) in [4.78, 5) is 0. The van der Waals surface area contributed by atoms with Crippen molar-refractivity contribution in [2.45, 2.75) is 12.6 Å². The van der Waals surface area contributed by atoms with E-state index in [-0.39, 0.29) is 0 Å². The number of rotatable bonds is 1. The van der Waals surface area contributed by atoms with Crippen LogP contribution in [-0.2, 0) is 4.74 Å². The molecule has 0 fully saturated rings. The molecule has 0 saturated heterocycles. The monoisotopic (exact) mass is 158 g/mol. The Morgan fingerprint density at radius 2 is 2.50 bits per heavy atom. The van der Waals surface area contributed by atoms with Crippen molar-refractivity contribution in [2.24, 2.45) is 5.11 Å². The second-order valence-corrected chi connectivity index (χ2v) is 2.55. The van der Waals surface area contributed by atoms with E-state index in [2.05, 4.69) is 5.11 Å². The van der Waals surface area contributed by atoms with Crippen LogP contribution >= 0.6 is 11.6 Å². The molecule has 0 aromatic carbocycles. The van der Waals surface area contributed by atoms with Gasteiger partial charge >= 0.3 is 0 Å². The van der Waals surface area contributed by atoms with E-state index < -0.39 is 5.72 Å². The van der Waals surface area contributed by atoms with E-state index >= 15 is 0 Å². The van der Waals surface area contributed by atoms with Crippen molar-refractivity contribution in [1.82, 2.24) is 0 Å². The zero-order valence-electron chi connectivity index (χ0n) is 5.47. The summed E-state index contributed by atoms with van der Waals surface area (Å²) in [6, 6.07) is 0. The molecule has 0 aliphatic carbocycles. The maximum absolute atomic E-state index is 6.75. The van der Waals surface area contributed by atoms with E-state index in [0.29, 0.717) is 5.03 Å². The van der Waals surface area contributed by atoms with Gasteiger partial charge in [0.2, 0.25) is 5.72 Å². The van der Waals surface area contributed by atoms with E-state index in [0.717, 1.165) is 0 Å². The van der Waals surface area contributed by atoms with E-state index in [1.54, 1.807) is 19.1 Å². The highest BCUT2D eigenvalue weighted by molar-refractivity contribution is 6.31. The number of halogens is 1. The van der Waals surface area contributed by atoms with E-state index in [1.807, 2.05) is 0 Å². The van der Waals surface area contributed by atoms with Crippen molar-refractivity contribution in [2.75, 3.05) is 0 Å². The fraction of sp³-hybridized carbons (Fsp3) is 0.333. The van der Waals surface area contributed by atoms with E-state index in [1.165, 1.54) is 6.26 Å². The van der Waals surface area contributed by atoms with E-state index in [9.17, 15) is 0 Å². The number of allylic oxidation sites excluding steroid dienone is 2. The minimum atomic E-state index is -0.897. The minimum Gasteiger partial charge on any atom is -0.469 e. The molecule has 3 nitrogen and oxygen atoms in total. The summed E-state index contributed by atoms with van der Waals surface area (Å²) < 4.78 is 4.99. The Hall–Kier alpha value is -0.830. The average molecular weight is 159 g/mol. The minimum absolute atomic E-state index is 0.546. The molecule has 1 rings (SSSR count). The van der Waals surface area contributed by atoms with Gasteiger partial charge in [-0.2, -0.15) is 0 Å². The lowest BCUT2D eigenvalue weighted by Crippen LogP contribution is -2.21. The Morgan fingerprint density at radius 1 is 1.80 bits per heavy atom. The molecule has 0 amide bonds. The van der Waals surface area contributed by atoms with Gasteiger partial charge in [-0.25, -0.2) is 5.53 Å². The molecule has 0 spiro atoms. The van der Waals surface area contributed by atoms with Crippen molar-refractivity contribution >= 4 is 11.6 Å². The molecular formula is C6H7ClN2O. The Bertz CT molecular complexity index is 212. The molecule has 54 valence electrons. The predicted molar refractivity (Wildman–Crippen MR) is 37.7 cm³/mol. The molecule has 0 bridgehead atoms. The highest BCUT2D eigenvalue weighted by Crippen LogP contribution is 2.23. The molecular weight excluding hydrogens is 152 g/mol. The maximum atomic E-state index is 6.75. The van der Waals surface area contributed by atoms with Gasteiger partial charge in [0.1, 0.15) is 0 Å². The lowest BCUT2D eigenvalue weighted by atomic mass is 10.2. The van der Waals surface area contributed by atoms with Gasteiger partial charge < -0.3 is 4.74 Å². The molecule has 1 heterocycles. The molecule has 1 N–H and O–H groups in total. The van der Waals surface area contributed by atoms with E-state index in [4.69, 9.17) is 21.9 Å². The van der Waals surface area contributed by atoms with Crippen LogP contribution in [-0.4, -0.2) is 5.72 Å². The second-order valence-electron chi connectivity index (χ2n) is 2.12. The summed E-state index contributed by atoms with van der Waals surface area (Å²) in [7, 11) is 0. The first-order chi connectivity index (χ1) is 4.66. The topological polar surface area (TPSA) is 45.4 Å². The van der Waals surface area contributed by atoms with Gasteiger partial charge in [-0.05, 0) is 6.08 Å². The van der Waals surface area contributed by atoms with Crippen LogP contribution < -0.4 is 0 Å². The van der Waals surface area contributed by atoms with Crippen molar-refractivity contribution in [3.05, 3.63) is 23.4 Å². The van der Waals surface area contributed by atoms with Crippen LogP contribution in [0.3, 0.4) is 0 Å². The number of hydrogen-bond donors (Lipinski definition) is 1. The largest absolute Gasteiger partial charge is 0.469 e. The number of nitrogens with one attached hydrogen (secondary N) is 1. The summed E-state index contributed by atoms with van der Waals surface area (Å²) in [6.07, 6.45) is 4.61. The maximum Gasteiger partial charge on any atom is 0.235 e. The third kappa shape index (κ3) is 1.36. The molecule has 0 aromatic rings. The number of ether oxygens (including phenoxy) is 1. The lowest BCUT2D eigenvalue weighted by Gasteiger charge is -2.21. The Balaban J connectivity index is 2.86. The molecule has 1 aliphatic heterocycles. The first kappa shape index (κ1) is 7.28. The first-order valence-corrected chi connectivity index (χ1v) is 3.15. The second kappa shape index (κ2) is 2.42. The van der Waals surface area contributed by atoms with Crippen LogP contribution in [0, 0.1) is 5.53 Å². The van der Waals surface area contributed by atoms with Crippen LogP contribution in [0.15, 0.2) is 28.6 Å². The Labute approximate surface area is 63.8 Å². The predicted octanol–water partition coefficient (Wildman–Crippen LogP) is 2.40. The molecule has 1 aliphatic rings. The van der Waals surface area contributed by atoms with Crippen LogP contribution in [0.2, 0.25) is 0 Å². The Kier molecular flexibility index (Phi) is 1.76. The van der Waals surface area contributed by atoms with Crippen LogP contribution in [0.1, 0.15) is 6.92 Å². The third-order valence-corrected chi connectivity index (χ3v) is 1.40. The van der Waals surface area contributed by atoms with Crippen LogP contribution in [0.4, 0.5) is 0 Å². The highest BCUT2D eigenvalue weighted by atomic mass is 35.5. The average Bonchev–Trinajstić information content (AvgIpc) is 1.88. The Morgan fingerprint density at radius 3 is 2.90 bits per heavy atom. The van der Waals surface area contributed by atoms with Gasteiger partial charge in [0.15, 0.2) is 0 Å². The zero-order chi connectivity index (χ0) is 7.61. The summed E-state index contributed by atoms with van der Waals surface area (Å²) in [6.45, 7) is 1.66. The fourth-order valence-electron chi connectivity index (χ4n) is 0.633. The van der Waals surface area contributed by atoms with Gasteiger partial charge in [-0.1, -0.05) is 11.6 Å². The summed E-state index contributed by atoms with van der Waals surface area (Å²) in [5.41, 5.74) is 5.85. The third-order valence-electron chi connectivity index (χ3n) is 1.16. The summed E-state index contributed by atoms with van der Waals surface area (Å²) >= 11 is 5.63. The van der Waals surface area contributed by atoms with Gasteiger partial charge in [0.25, 0.3) is 0 Å². The smallest absolute Gasteiger partial charge is 0.235 e. The standard InChI is InChI=1S/C6H7ClN2O/c1-6(9-8)4-5(7)2-3-10-6/h2-4,8H,1H3. The van der Waals surface area contributed by atoms with Gasteiger partial charge in [0, 0.05) is 18.0 Å². The first-order valence-electron chi connectivity index (χ1n) is 2.78. The van der Waals surface area contributed by atoms with Crippen LogP contribution in [0.25, 0.3) is 0 Å². The van der Waals surface area contributed by atoms with Gasteiger partial charge in [-0.15, -0.1) is 5.11 Å². The molecule has 4 heteroatoms. The molecule has 10 heavy (non-hydrogen) atoms. The quantitative estimate of drug-likeness (QED) is 0.586. The summed E-state index contributed by atoms with van der Waals surface area (Å²) in [5, 5.41) is 3.79. The molecule has 0 saturated carbocycles. The number of nitrogens with zero attached hydrogens (tertiary/aromatic N) is 1. The summed E-state index contributed by atoms with van der Waals surface area (Å²) in [5.74, 6) is 0. The van der Waals surface area contributed by atoms with Crippen molar-refractivity contribution in [1.29, 1.82) is 5.53 Å². The van der Waals surface area contributed by atoms with Gasteiger partial charge in [-0.3, -0.25) is 0 Å². The number of hydrogen-bond acceptors (Lipinski definition) is 3. The van der Waals surface area contributed by atoms with Gasteiger partial charge in [0.05, 0.1) is 6.26 Å².